The molecular formula is C16H14N4OS. The first-order valence-corrected chi connectivity index (χ1v) is 7.58. The van der Waals surface area contributed by atoms with Gasteiger partial charge < -0.3 is 10.6 Å². The molecule has 110 valence electrons. The van der Waals surface area contributed by atoms with Gasteiger partial charge in [0, 0.05) is 12.7 Å². The molecule has 3 aromatic rings. The van der Waals surface area contributed by atoms with Crippen LogP contribution in [0, 0.1) is 0 Å². The van der Waals surface area contributed by atoms with E-state index >= 15 is 0 Å². The topological polar surface area (TPSA) is 66.9 Å². The van der Waals surface area contributed by atoms with Gasteiger partial charge in [0.2, 0.25) is 0 Å². The highest BCUT2D eigenvalue weighted by atomic mass is 32.1. The van der Waals surface area contributed by atoms with Gasteiger partial charge in [-0.05, 0) is 17.7 Å². The lowest BCUT2D eigenvalue weighted by atomic mass is 10.2. The predicted octanol–water partition coefficient (Wildman–Crippen LogP) is 3.21. The second-order valence-electron chi connectivity index (χ2n) is 4.56. The molecule has 0 aliphatic rings. The molecule has 0 saturated heterocycles. The van der Waals surface area contributed by atoms with Crippen LogP contribution in [0.15, 0.2) is 61.1 Å². The van der Waals surface area contributed by atoms with Crippen LogP contribution in [-0.2, 0) is 6.54 Å². The first-order chi connectivity index (χ1) is 10.8. The Morgan fingerprint density at radius 3 is 2.73 bits per heavy atom. The summed E-state index contributed by atoms with van der Waals surface area (Å²) in [5.41, 5.74) is 1.90. The minimum absolute atomic E-state index is 0.124. The van der Waals surface area contributed by atoms with Gasteiger partial charge in [-0.1, -0.05) is 41.7 Å². The van der Waals surface area contributed by atoms with Crippen LogP contribution in [0.5, 0.6) is 0 Å². The number of carbonyl (C=O) groups excluding carboxylic acids is 1. The van der Waals surface area contributed by atoms with E-state index in [1.165, 1.54) is 11.3 Å². The summed E-state index contributed by atoms with van der Waals surface area (Å²) in [6, 6.07) is 13.5. The van der Waals surface area contributed by atoms with E-state index in [4.69, 9.17) is 0 Å². The van der Waals surface area contributed by atoms with Crippen molar-refractivity contribution in [2.24, 2.45) is 0 Å². The zero-order valence-electron chi connectivity index (χ0n) is 11.7. The number of nitrogens with zero attached hydrogens (tertiary/aromatic N) is 2. The number of pyridine rings is 1. The number of amides is 1. The van der Waals surface area contributed by atoms with Crippen LogP contribution in [0.2, 0.25) is 0 Å². The smallest absolute Gasteiger partial charge is 0.263 e. The van der Waals surface area contributed by atoms with Gasteiger partial charge in [0.25, 0.3) is 5.91 Å². The lowest BCUT2D eigenvalue weighted by Crippen LogP contribution is -2.21. The van der Waals surface area contributed by atoms with Crippen LogP contribution in [0.4, 0.5) is 10.8 Å². The second kappa shape index (κ2) is 6.82. The minimum Gasteiger partial charge on any atom is -0.347 e. The Morgan fingerprint density at radius 1 is 1.09 bits per heavy atom. The van der Waals surface area contributed by atoms with Crippen molar-refractivity contribution < 1.29 is 4.79 Å². The van der Waals surface area contributed by atoms with Crippen LogP contribution in [0.1, 0.15) is 15.2 Å². The Bertz CT molecular complexity index is 743. The highest BCUT2D eigenvalue weighted by molar-refractivity contribution is 7.17. The standard InChI is InChI=1S/C16H14N4OS/c21-15(18-9-12-5-2-1-3-6-12)14-11-19-16(22-14)20-13-7-4-8-17-10-13/h1-8,10-11H,9H2,(H,18,21)(H,19,20). The maximum atomic E-state index is 12.1. The SMILES string of the molecule is O=C(NCc1ccccc1)c1cnc(Nc2cccnc2)s1. The Kier molecular flexibility index (Phi) is 4.41. The Labute approximate surface area is 132 Å². The lowest BCUT2D eigenvalue weighted by molar-refractivity contribution is 0.0955. The quantitative estimate of drug-likeness (QED) is 0.759. The molecule has 3 rings (SSSR count). The Morgan fingerprint density at radius 2 is 1.95 bits per heavy atom. The number of carbonyl (C=O) groups is 1. The zero-order chi connectivity index (χ0) is 15.2. The van der Waals surface area contributed by atoms with Crippen molar-refractivity contribution in [3.8, 4) is 0 Å². The normalized spacial score (nSPS) is 10.2. The number of aromatic nitrogens is 2. The molecule has 0 saturated carbocycles. The van der Waals surface area contributed by atoms with Crippen LogP contribution in [-0.4, -0.2) is 15.9 Å². The molecule has 0 bridgehead atoms. The Balaban J connectivity index is 1.60. The molecule has 0 unspecified atom stereocenters. The van der Waals surface area contributed by atoms with Gasteiger partial charge in [-0.2, -0.15) is 0 Å². The number of thiazole rings is 1. The van der Waals surface area contributed by atoms with E-state index in [-0.39, 0.29) is 5.91 Å². The van der Waals surface area contributed by atoms with Crippen molar-refractivity contribution in [2.45, 2.75) is 6.54 Å². The molecule has 2 N–H and O–H groups in total. The van der Waals surface area contributed by atoms with Gasteiger partial charge in [0.15, 0.2) is 5.13 Å². The van der Waals surface area contributed by atoms with Crippen molar-refractivity contribution >= 4 is 28.1 Å². The second-order valence-corrected chi connectivity index (χ2v) is 5.60. The molecule has 1 amide bonds. The third-order valence-electron chi connectivity index (χ3n) is 2.94. The van der Waals surface area contributed by atoms with Gasteiger partial charge in [-0.25, -0.2) is 4.98 Å². The van der Waals surface area contributed by atoms with Gasteiger partial charge >= 0.3 is 0 Å². The highest BCUT2D eigenvalue weighted by Crippen LogP contribution is 2.21. The van der Waals surface area contributed by atoms with Crippen LogP contribution >= 0.6 is 11.3 Å². The molecule has 0 fully saturated rings. The zero-order valence-corrected chi connectivity index (χ0v) is 12.5. The summed E-state index contributed by atoms with van der Waals surface area (Å²) in [4.78, 5) is 20.9. The van der Waals surface area contributed by atoms with E-state index in [1.807, 2.05) is 42.5 Å². The number of hydrogen-bond acceptors (Lipinski definition) is 5. The molecule has 0 radical (unpaired) electrons. The van der Waals surface area contributed by atoms with E-state index in [0.29, 0.717) is 16.6 Å². The largest absolute Gasteiger partial charge is 0.347 e. The molecule has 6 heteroatoms. The monoisotopic (exact) mass is 310 g/mol. The van der Waals surface area contributed by atoms with Crippen molar-refractivity contribution in [1.82, 2.24) is 15.3 Å². The van der Waals surface area contributed by atoms with Gasteiger partial charge in [-0.3, -0.25) is 9.78 Å². The molecule has 0 aliphatic heterocycles. The van der Waals surface area contributed by atoms with Crippen molar-refractivity contribution in [2.75, 3.05) is 5.32 Å². The average molecular weight is 310 g/mol. The number of anilines is 2. The summed E-state index contributed by atoms with van der Waals surface area (Å²) >= 11 is 1.31. The molecule has 0 spiro atoms. The van der Waals surface area contributed by atoms with Crippen LogP contribution in [0.25, 0.3) is 0 Å². The summed E-state index contributed by atoms with van der Waals surface area (Å²) in [5, 5.41) is 6.67. The van der Waals surface area contributed by atoms with E-state index < -0.39 is 0 Å². The molecule has 1 aromatic carbocycles. The van der Waals surface area contributed by atoms with E-state index in [0.717, 1.165) is 11.3 Å². The van der Waals surface area contributed by atoms with Gasteiger partial charge in [0.05, 0.1) is 18.1 Å². The van der Waals surface area contributed by atoms with Crippen LogP contribution < -0.4 is 10.6 Å². The van der Waals surface area contributed by atoms with E-state index in [2.05, 4.69) is 20.6 Å². The van der Waals surface area contributed by atoms with Gasteiger partial charge in [-0.15, -0.1) is 0 Å². The summed E-state index contributed by atoms with van der Waals surface area (Å²) in [5.74, 6) is -0.124. The average Bonchev–Trinajstić information content (AvgIpc) is 3.03. The molecule has 5 nitrogen and oxygen atoms in total. The van der Waals surface area contributed by atoms with Crippen molar-refractivity contribution in [3.63, 3.8) is 0 Å². The third-order valence-corrected chi connectivity index (χ3v) is 3.85. The fourth-order valence-corrected chi connectivity index (χ4v) is 2.62. The molecule has 22 heavy (non-hydrogen) atoms. The molecule has 0 aliphatic carbocycles. The number of nitrogens with one attached hydrogen (secondary N) is 2. The van der Waals surface area contributed by atoms with E-state index in [9.17, 15) is 4.79 Å². The number of benzene rings is 1. The number of rotatable bonds is 5. The van der Waals surface area contributed by atoms with Gasteiger partial charge in [0.1, 0.15) is 4.88 Å². The summed E-state index contributed by atoms with van der Waals surface area (Å²) in [7, 11) is 0. The third kappa shape index (κ3) is 3.67. The predicted molar refractivity (Wildman–Crippen MR) is 87.2 cm³/mol. The minimum atomic E-state index is -0.124. The summed E-state index contributed by atoms with van der Waals surface area (Å²) in [6.07, 6.45) is 4.98. The first kappa shape index (κ1) is 14.2. The fourth-order valence-electron chi connectivity index (χ4n) is 1.86. The van der Waals surface area contributed by atoms with Crippen molar-refractivity contribution in [1.29, 1.82) is 0 Å². The maximum Gasteiger partial charge on any atom is 0.263 e. The van der Waals surface area contributed by atoms with Crippen LogP contribution in [0.3, 0.4) is 0 Å². The molecular weight excluding hydrogens is 296 g/mol. The molecule has 2 heterocycles. The summed E-state index contributed by atoms with van der Waals surface area (Å²) < 4.78 is 0. The van der Waals surface area contributed by atoms with E-state index in [1.54, 1.807) is 18.6 Å². The lowest BCUT2D eigenvalue weighted by Gasteiger charge is -2.03. The highest BCUT2D eigenvalue weighted by Gasteiger charge is 2.10. The Hall–Kier alpha value is -2.73. The summed E-state index contributed by atoms with van der Waals surface area (Å²) in [6.45, 7) is 0.503. The fraction of sp³-hybridized carbons (Fsp3) is 0.0625. The molecule has 2 aromatic heterocycles. The maximum absolute atomic E-state index is 12.1. The first-order valence-electron chi connectivity index (χ1n) is 6.76. The molecule has 0 atom stereocenters. The number of hydrogen-bond donors (Lipinski definition) is 2. The van der Waals surface area contributed by atoms with Crippen molar-refractivity contribution in [3.05, 3.63) is 71.5 Å².